The molecular weight excluding hydrogens is 246 g/mol. The zero-order valence-corrected chi connectivity index (χ0v) is 10.4. The molecule has 0 radical (unpaired) electrons. The van der Waals surface area contributed by atoms with Gasteiger partial charge in [-0.25, -0.2) is 8.78 Å². The molecule has 0 bridgehead atoms. The molecule has 0 aliphatic carbocycles. The first-order valence-corrected chi connectivity index (χ1v) is 5.75. The summed E-state index contributed by atoms with van der Waals surface area (Å²) in [5.74, 6) is 4.99. The van der Waals surface area contributed by atoms with E-state index in [-0.39, 0.29) is 11.6 Å². The van der Waals surface area contributed by atoms with Crippen LogP contribution in [-0.2, 0) is 4.74 Å². The van der Waals surface area contributed by atoms with Crippen molar-refractivity contribution in [3.63, 3.8) is 0 Å². The number of hydrogen-bond acceptors (Lipinski definition) is 1. The fourth-order valence-corrected chi connectivity index (χ4v) is 1.63. The first kappa shape index (κ1) is 13.3. The molecule has 0 fully saturated rings. The van der Waals surface area contributed by atoms with E-state index in [1.807, 2.05) is 0 Å². The topological polar surface area (TPSA) is 9.23 Å². The summed E-state index contributed by atoms with van der Waals surface area (Å²) in [6, 6.07) is 12.1. The minimum Gasteiger partial charge on any atom is -0.364 e. The van der Waals surface area contributed by atoms with Crippen molar-refractivity contribution in [2.24, 2.45) is 0 Å². The van der Waals surface area contributed by atoms with Crippen molar-refractivity contribution in [1.82, 2.24) is 0 Å². The van der Waals surface area contributed by atoms with Crippen molar-refractivity contribution in [1.29, 1.82) is 0 Å². The highest BCUT2D eigenvalue weighted by molar-refractivity contribution is 5.37. The van der Waals surface area contributed by atoms with E-state index in [9.17, 15) is 8.78 Å². The Morgan fingerprint density at radius 3 is 2.32 bits per heavy atom. The largest absolute Gasteiger partial charge is 0.364 e. The lowest BCUT2D eigenvalue weighted by atomic mass is 10.1. The molecule has 3 heteroatoms. The normalized spacial score (nSPS) is 11.5. The van der Waals surface area contributed by atoms with Gasteiger partial charge in [-0.1, -0.05) is 30.0 Å². The molecule has 2 aromatic rings. The van der Waals surface area contributed by atoms with Gasteiger partial charge in [-0.3, -0.25) is 0 Å². The Morgan fingerprint density at radius 1 is 1.00 bits per heavy atom. The number of methoxy groups -OCH3 is 1. The van der Waals surface area contributed by atoms with Gasteiger partial charge in [0.05, 0.1) is 0 Å². The number of hydrogen-bond donors (Lipinski definition) is 0. The third-order valence-corrected chi connectivity index (χ3v) is 2.62. The number of rotatable bonds is 2. The molecule has 1 nitrogen and oxygen atoms in total. The van der Waals surface area contributed by atoms with Crippen molar-refractivity contribution in [2.45, 2.75) is 6.10 Å². The van der Waals surface area contributed by atoms with Crippen LogP contribution in [0.4, 0.5) is 8.78 Å². The van der Waals surface area contributed by atoms with Crippen molar-refractivity contribution in [2.75, 3.05) is 7.11 Å². The predicted octanol–water partition coefficient (Wildman–Crippen LogP) is 3.70. The van der Waals surface area contributed by atoms with E-state index in [1.165, 1.54) is 25.3 Å². The molecule has 0 amide bonds. The maximum absolute atomic E-state index is 13.6. The van der Waals surface area contributed by atoms with Crippen LogP contribution in [0.15, 0.2) is 48.5 Å². The molecule has 0 N–H and O–H groups in total. The summed E-state index contributed by atoms with van der Waals surface area (Å²) in [7, 11) is 1.47. The van der Waals surface area contributed by atoms with Crippen LogP contribution in [0.25, 0.3) is 0 Å². The second kappa shape index (κ2) is 6.12. The Balaban J connectivity index is 2.25. The summed E-state index contributed by atoms with van der Waals surface area (Å²) in [4.78, 5) is 0. The molecule has 0 saturated heterocycles. The summed E-state index contributed by atoms with van der Waals surface area (Å²) in [5, 5.41) is 0. The molecule has 0 aromatic heterocycles. The molecule has 0 spiro atoms. The monoisotopic (exact) mass is 258 g/mol. The van der Waals surface area contributed by atoms with Crippen LogP contribution < -0.4 is 0 Å². The van der Waals surface area contributed by atoms with Crippen molar-refractivity contribution < 1.29 is 13.5 Å². The van der Waals surface area contributed by atoms with E-state index in [1.54, 1.807) is 30.3 Å². The van der Waals surface area contributed by atoms with E-state index < -0.39 is 6.10 Å². The second-order valence-corrected chi connectivity index (χ2v) is 3.91. The Kier molecular flexibility index (Phi) is 4.27. The van der Waals surface area contributed by atoms with E-state index in [0.717, 1.165) is 0 Å². The third-order valence-electron chi connectivity index (χ3n) is 2.62. The van der Waals surface area contributed by atoms with Gasteiger partial charge < -0.3 is 4.74 Å². The van der Waals surface area contributed by atoms with Crippen molar-refractivity contribution >= 4 is 0 Å². The van der Waals surface area contributed by atoms with Crippen LogP contribution in [0.5, 0.6) is 0 Å². The van der Waals surface area contributed by atoms with E-state index in [4.69, 9.17) is 4.74 Å². The fraction of sp³-hybridized carbons (Fsp3) is 0.125. The number of halogens is 2. The van der Waals surface area contributed by atoms with Crippen LogP contribution in [0.1, 0.15) is 17.2 Å². The zero-order valence-electron chi connectivity index (χ0n) is 10.4. The van der Waals surface area contributed by atoms with Gasteiger partial charge in [0.1, 0.15) is 17.7 Å². The maximum atomic E-state index is 13.6. The molecule has 2 aromatic carbocycles. The second-order valence-electron chi connectivity index (χ2n) is 3.91. The first-order valence-electron chi connectivity index (χ1n) is 5.75. The lowest BCUT2D eigenvalue weighted by Crippen LogP contribution is -2.01. The van der Waals surface area contributed by atoms with Gasteiger partial charge in [0.15, 0.2) is 0 Å². The van der Waals surface area contributed by atoms with E-state index in [2.05, 4.69) is 11.8 Å². The van der Waals surface area contributed by atoms with Crippen LogP contribution >= 0.6 is 0 Å². The number of benzene rings is 2. The molecule has 0 aliphatic heterocycles. The summed E-state index contributed by atoms with van der Waals surface area (Å²) >= 11 is 0. The van der Waals surface area contributed by atoms with Gasteiger partial charge in [-0.05, 0) is 30.3 Å². The van der Waals surface area contributed by atoms with Gasteiger partial charge >= 0.3 is 0 Å². The van der Waals surface area contributed by atoms with E-state index in [0.29, 0.717) is 11.1 Å². The zero-order chi connectivity index (χ0) is 13.7. The highest BCUT2D eigenvalue weighted by Gasteiger charge is 2.11. The minimum absolute atomic E-state index is 0.317. The van der Waals surface area contributed by atoms with Gasteiger partial charge in [-0.15, -0.1) is 0 Å². The van der Waals surface area contributed by atoms with Gasteiger partial charge in [0, 0.05) is 18.2 Å². The smallest absolute Gasteiger partial charge is 0.146 e. The number of ether oxygens (including phenoxy) is 1. The third kappa shape index (κ3) is 3.40. The molecule has 1 unspecified atom stereocenters. The molecular formula is C16H12F2O. The van der Waals surface area contributed by atoms with E-state index >= 15 is 0 Å². The fourth-order valence-electron chi connectivity index (χ4n) is 1.63. The Bertz CT molecular complexity index is 609. The summed E-state index contributed by atoms with van der Waals surface area (Å²) in [6.45, 7) is 0. The molecule has 19 heavy (non-hydrogen) atoms. The first-order chi connectivity index (χ1) is 9.20. The Labute approximate surface area is 110 Å². The van der Waals surface area contributed by atoms with Crippen LogP contribution in [0.2, 0.25) is 0 Å². The molecule has 96 valence electrons. The molecule has 0 saturated carbocycles. The average Bonchev–Trinajstić information content (AvgIpc) is 2.43. The van der Waals surface area contributed by atoms with Crippen LogP contribution in [-0.4, -0.2) is 7.11 Å². The Hall–Kier alpha value is -2.18. The standard InChI is InChI=1S/C16H12F2O/c1-19-16(14-4-2-3-5-15(14)18)11-8-12-6-9-13(17)10-7-12/h2-7,9-10,16H,1H3. The van der Waals surface area contributed by atoms with Crippen LogP contribution in [0, 0.1) is 23.5 Å². The summed E-state index contributed by atoms with van der Waals surface area (Å²) < 4.78 is 31.5. The molecule has 0 heterocycles. The maximum Gasteiger partial charge on any atom is 0.146 e. The molecule has 1 atom stereocenters. The predicted molar refractivity (Wildman–Crippen MR) is 69.4 cm³/mol. The van der Waals surface area contributed by atoms with Gasteiger partial charge in [0.25, 0.3) is 0 Å². The SMILES string of the molecule is COC(C#Cc1ccc(F)cc1)c1ccccc1F. The lowest BCUT2D eigenvalue weighted by Gasteiger charge is -2.09. The minimum atomic E-state index is -0.647. The Morgan fingerprint density at radius 2 is 1.68 bits per heavy atom. The average molecular weight is 258 g/mol. The summed E-state index contributed by atoms with van der Waals surface area (Å²) in [5.41, 5.74) is 1.04. The van der Waals surface area contributed by atoms with Gasteiger partial charge in [0.2, 0.25) is 0 Å². The lowest BCUT2D eigenvalue weighted by molar-refractivity contribution is 0.147. The summed E-state index contributed by atoms with van der Waals surface area (Å²) in [6.07, 6.45) is -0.647. The molecule has 0 aliphatic rings. The van der Waals surface area contributed by atoms with Crippen LogP contribution in [0.3, 0.4) is 0 Å². The van der Waals surface area contributed by atoms with Crippen molar-refractivity contribution in [3.05, 3.63) is 71.3 Å². The molecule has 2 rings (SSSR count). The van der Waals surface area contributed by atoms with Gasteiger partial charge in [-0.2, -0.15) is 0 Å². The quantitative estimate of drug-likeness (QED) is 0.746. The highest BCUT2D eigenvalue weighted by atomic mass is 19.1. The van der Waals surface area contributed by atoms with Crippen molar-refractivity contribution in [3.8, 4) is 11.8 Å². The highest BCUT2D eigenvalue weighted by Crippen LogP contribution is 2.19.